The van der Waals surface area contributed by atoms with Gasteiger partial charge in [-0.05, 0) is 50.8 Å². The number of aromatic hydroxyl groups is 1. The average Bonchev–Trinajstić information content (AvgIpc) is 2.79. The lowest BCUT2D eigenvalue weighted by Crippen LogP contribution is -2.37. The molecule has 1 aliphatic rings. The first kappa shape index (κ1) is 13.9. The zero-order valence-corrected chi connectivity index (χ0v) is 11.5. The van der Waals surface area contributed by atoms with E-state index < -0.39 is 6.10 Å². The van der Waals surface area contributed by atoms with E-state index in [1.807, 2.05) is 4.90 Å². The summed E-state index contributed by atoms with van der Waals surface area (Å²) in [6.45, 7) is 4.28. The minimum absolute atomic E-state index is 0.0570. The molecule has 0 radical (unpaired) electrons. The van der Waals surface area contributed by atoms with E-state index in [0.29, 0.717) is 12.0 Å². The number of hydrogen-bond donors (Lipinski definition) is 2. The monoisotopic (exact) mass is 263 g/mol. The van der Waals surface area contributed by atoms with Crippen LogP contribution < -0.4 is 0 Å². The van der Waals surface area contributed by atoms with Crippen molar-refractivity contribution in [2.45, 2.75) is 45.3 Å². The molecule has 0 bridgehead atoms. The van der Waals surface area contributed by atoms with Crippen LogP contribution in [0.2, 0.25) is 0 Å². The van der Waals surface area contributed by atoms with Crippen molar-refractivity contribution in [2.75, 3.05) is 6.54 Å². The summed E-state index contributed by atoms with van der Waals surface area (Å²) in [5.41, 5.74) is 1.28. The van der Waals surface area contributed by atoms with Crippen molar-refractivity contribution in [2.24, 2.45) is 0 Å². The third-order valence-corrected chi connectivity index (χ3v) is 3.71. The van der Waals surface area contributed by atoms with Gasteiger partial charge in [0.2, 0.25) is 0 Å². The lowest BCUT2D eigenvalue weighted by atomic mass is 10.1. The zero-order chi connectivity index (χ0) is 14.0. The van der Waals surface area contributed by atoms with E-state index in [-0.39, 0.29) is 17.7 Å². The molecule has 1 amide bonds. The predicted molar refractivity (Wildman–Crippen MR) is 73.2 cm³/mol. The smallest absolute Gasteiger partial charge is 0.254 e. The van der Waals surface area contributed by atoms with Crippen LogP contribution in [-0.2, 0) is 0 Å². The fourth-order valence-corrected chi connectivity index (χ4v) is 2.65. The minimum atomic E-state index is -0.398. The second kappa shape index (κ2) is 5.61. The summed E-state index contributed by atoms with van der Waals surface area (Å²) in [7, 11) is 0. The van der Waals surface area contributed by atoms with Crippen molar-refractivity contribution >= 4 is 5.91 Å². The van der Waals surface area contributed by atoms with Crippen LogP contribution in [-0.4, -0.2) is 39.7 Å². The number of amides is 1. The Morgan fingerprint density at radius 1 is 1.53 bits per heavy atom. The number of aliphatic hydroxyl groups excluding tert-OH is 1. The molecule has 1 aromatic rings. The van der Waals surface area contributed by atoms with Gasteiger partial charge in [0.05, 0.1) is 6.10 Å². The molecule has 0 spiro atoms. The van der Waals surface area contributed by atoms with Gasteiger partial charge in [-0.1, -0.05) is 6.07 Å². The molecule has 1 aliphatic heterocycles. The molecule has 0 aliphatic carbocycles. The van der Waals surface area contributed by atoms with E-state index in [0.717, 1.165) is 24.9 Å². The summed E-state index contributed by atoms with van der Waals surface area (Å²) in [5, 5.41) is 19.2. The van der Waals surface area contributed by atoms with Gasteiger partial charge in [0.15, 0.2) is 0 Å². The van der Waals surface area contributed by atoms with Crippen molar-refractivity contribution in [1.29, 1.82) is 0 Å². The number of likely N-dealkylation sites (tertiary alicyclic amines) is 1. The molecule has 1 fully saturated rings. The van der Waals surface area contributed by atoms with Crippen molar-refractivity contribution in [1.82, 2.24) is 4.90 Å². The van der Waals surface area contributed by atoms with Crippen LogP contribution in [0.4, 0.5) is 0 Å². The molecule has 1 saturated heterocycles. The van der Waals surface area contributed by atoms with Crippen molar-refractivity contribution < 1.29 is 15.0 Å². The second-order valence-electron chi connectivity index (χ2n) is 5.38. The number of aliphatic hydroxyl groups is 1. The lowest BCUT2D eigenvalue weighted by Gasteiger charge is -2.26. The Labute approximate surface area is 113 Å². The highest BCUT2D eigenvalue weighted by atomic mass is 16.3. The Hall–Kier alpha value is -1.55. The van der Waals surface area contributed by atoms with Crippen LogP contribution in [0.25, 0.3) is 0 Å². The van der Waals surface area contributed by atoms with Gasteiger partial charge < -0.3 is 15.1 Å². The molecule has 4 heteroatoms. The van der Waals surface area contributed by atoms with Crippen LogP contribution in [0, 0.1) is 6.92 Å². The first-order valence-corrected chi connectivity index (χ1v) is 6.77. The molecule has 2 rings (SSSR count). The number of nitrogens with zero attached hydrogens (tertiary/aromatic N) is 1. The van der Waals surface area contributed by atoms with E-state index in [4.69, 9.17) is 0 Å². The van der Waals surface area contributed by atoms with Crippen molar-refractivity contribution in [3.63, 3.8) is 0 Å². The summed E-state index contributed by atoms with van der Waals surface area (Å²) in [6.07, 6.45) is 2.13. The highest BCUT2D eigenvalue weighted by molar-refractivity contribution is 5.95. The fraction of sp³-hybridized carbons (Fsp3) is 0.533. The van der Waals surface area contributed by atoms with Gasteiger partial charge in [-0.2, -0.15) is 0 Å². The number of benzene rings is 1. The largest absolute Gasteiger partial charge is 0.508 e. The average molecular weight is 263 g/mol. The molecule has 104 valence electrons. The predicted octanol–water partition coefficient (Wildman–Crippen LogP) is 2.08. The maximum atomic E-state index is 12.4. The van der Waals surface area contributed by atoms with E-state index in [1.54, 1.807) is 26.0 Å². The SMILES string of the molecule is Cc1ccc(C(=O)N2CCC[C@@H]2C[C@H](C)O)cc1O. The molecular formula is C15H21NO3. The summed E-state index contributed by atoms with van der Waals surface area (Å²) in [5.74, 6) is 0.0931. The van der Waals surface area contributed by atoms with E-state index in [1.165, 1.54) is 6.07 Å². The molecule has 2 atom stereocenters. The third kappa shape index (κ3) is 3.07. The van der Waals surface area contributed by atoms with Gasteiger partial charge in [0.25, 0.3) is 5.91 Å². The molecule has 1 aromatic carbocycles. The van der Waals surface area contributed by atoms with Gasteiger partial charge in [0.1, 0.15) is 5.75 Å². The summed E-state index contributed by atoms with van der Waals surface area (Å²) in [4.78, 5) is 14.3. The molecule has 0 unspecified atom stereocenters. The Morgan fingerprint density at radius 3 is 2.89 bits per heavy atom. The standard InChI is InChI=1S/C15H21NO3/c1-10-5-6-12(9-14(10)18)15(19)16-7-3-4-13(16)8-11(2)17/h5-6,9,11,13,17-18H,3-4,7-8H2,1-2H3/t11-,13+/m0/s1. The van der Waals surface area contributed by atoms with Crippen molar-refractivity contribution in [3.05, 3.63) is 29.3 Å². The highest BCUT2D eigenvalue weighted by Crippen LogP contribution is 2.25. The summed E-state index contributed by atoms with van der Waals surface area (Å²) < 4.78 is 0. The van der Waals surface area contributed by atoms with Crippen LogP contribution in [0.15, 0.2) is 18.2 Å². The third-order valence-electron chi connectivity index (χ3n) is 3.71. The molecule has 0 aromatic heterocycles. The molecular weight excluding hydrogens is 242 g/mol. The first-order chi connectivity index (χ1) is 8.99. The number of carbonyl (C=O) groups is 1. The number of phenols is 1. The van der Waals surface area contributed by atoms with E-state index in [2.05, 4.69) is 0 Å². The quantitative estimate of drug-likeness (QED) is 0.877. The Bertz CT molecular complexity index is 470. The number of phenolic OH excluding ortho intramolecular Hbond substituents is 1. The van der Waals surface area contributed by atoms with Gasteiger partial charge in [0, 0.05) is 18.2 Å². The van der Waals surface area contributed by atoms with Crippen LogP contribution >= 0.6 is 0 Å². The van der Waals surface area contributed by atoms with Crippen molar-refractivity contribution in [3.8, 4) is 5.75 Å². The van der Waals surface area contributed by atoms with Gasteiger partial charge >= 0.3 is 0 Å². The lowest BCUT2D eigenvalue weighted by molar-refractivity contribution is 0.0681. The topological polar surface area (TPSA) is 60.8 Å². The van der Waals surface area contributed by atoms with Crippen LogP contribution in [0.5, 0.6) is 5.75 Å². The molecule has 1 heterocycles. The van der Waals surface area contributed by atoms with Crippen LogP contribution in [0.3, 0.4) is 0 Å². The number of carbonyl (C=O) groups excluding carboxylic acids is 1. The Kier molecular flexibility index (Phi) is 4.10. The summed E-state index contributed by atoms with van der Waals surface area (Å²) >= 11 is 0. The highest BCUT2D eigenvalue weighted by Gasteiger charge is 2.30. The van der Waals surface area contributed by atoms with Gasteiger partial charge in [-0.15, -0.1) is 0 Å². The number of aryl methyl sites for hydroxylation is 1. The molecule has 0 saturated carbocycles. The first-order valence-electron chi connectivity index (χ1n) is 6.77. The van der Waals surface area contributed by atoms with Gasteiger partial charge in [-0.3, -0.25) is 4.79 Å². The molecule has 4 nitrogen and oxygen atoms in total. The fourth-order valence-electron chi connectivity index (χ4n) is 2.65. The number of rotatable bonds is 3. The maximum absolute atomic E-state index is 12.4. The summed E-state index contributed by atoms with van der Waals surface area (Å²) in [6, 6.07) is 5.13. The van der Waals surface area contributed by atoms with Gasteiger partial charge in [-0.25, -0.2) is 0 Å². The van der Waals surface area contributed by atoms with E-state index in [9.17, 15) is 15.0 Å². The zero-order valence-electron chi connectivity index (χ0n) is 11.5. The molecule has 2 N–H and O–H groups in total. The molecule has 19 heavy (non-hydrogen) atoms. The Balaban J connectivity index is 2.16. The van der Waals surface area contributed by atoms with Crippen LogP contribution in [0.1, 0.15) is 42.1 Å². The minimum Gasteiger partial charge on any atom is -0.508 e. The number of hydrogen-bond acceptors (Lipinski definition) is 3. The Morgan fingerprint density at radius 2 is 2.26 bits per heavy atom. The maximum Gasteiger partial charge on any atom is 0.254 e. The second-order valence-corrected chi connectivity index (χ2v) is 5.38. The van der Waals surface area contributed by atoms with E-state index >= 15 is 0 Å². The normalized spacial score (nSPS) is 20.6.